The molecule has 2 N–H and O–H groups in total. The van der Waals surface area contributed by atoms with E-state index in [9.17, 15) is 19.8 Å². The minimum Gasteiger partial charge on any atom is -0.504 e. The summed E-state index contributed by atoms with van der Waals surface area (Å²) in [6.45, 7) is 2.88. The number of benzene rings is 2. The molecular formula is C24H23N3O5. The Hall–Kier alpha value is -3.78. The number of aromatic hydroxyl groups is 2. The Kier molecular flexibility index (Phi) is 4.49. The lowest BCUT2D eigenvalue weighted by atomic mass is 10.0. The molecule has 2 aromatic carbocycles. The fourth-order valence-corrected chi connectivity index (χ4v) is 4.63. The van der Waals surface area contributed by atoms with Crippen LogP contribution in [0, 0.1) is 6.92 Å². The molecule has 0 fully saturated rings. The highest BCUT2D eigenvalue weighted by Crippen LogP contribution is 2.42. The number of aryl methyl sites for hydroxylation is 2. The molecule has 0 saturated carbocycles. The van der Waals surface area contributed by atoms with Gasteiger partial charge in [-0.15, -0.1) is 0 Å². The minimum absolute atomic E-state index is 0.230. The first-order valence-electron chi connectivity index (χ1n) is 10.3. The SMILES string of the molecule is Cc1cccc(-c2c3c(=O)n(C)c(=O)n(C)c3c3n2CCOC3c2ccc(O)c(O)c2)c1. The molecule has 0 bridgehead atoms. The molecule has 5 rings (SSSR count). The molecule has 2 aromatic heterocycles. The van der Waals surface area contributed by atoms with Gasteiger partial charge in [0.1, 0.15) is 6.10 Å². The highest BCUT2D eigenvalue weighted by Gasteiger charge is 2.33. The Balaban J connectivity index is 1.94. The first kappa shape index (κ1) is 20.1. The minimum atomic E-state index is -0.631. The zero-order valence-corrected chi connectivity index (χ0v) is 18.0. The van der Waals surface area contributed by atoms with Gasteiger partial charge in [0.25, 0.3) is 5.56 Å². The van der Waals surface area contributed by atoms with Crippen molar-refractivity contribution >= 4 is 10.9 Å². The van der Waals surface area contributed by atoms with Crippen LogP contribution in [0.25, 0.3) is 22.2 Å². The zero-order chi connectivity index (χ0) is 22.7. The molecule has 0 saturated heterocycles. The van der Waals surface area contributed by atoms with Crippen LogP contribution in [-0.2, 0) is 25.4 Å². The molecule has 0 amide bonds. The number of hydrogen-bond donors (Lipinski definition) is 2. The van der Waals surface area contributed by atoms with Crippen LogP contribution in [-0.4, -0.2) is 30.5 Å². The van der Waals surface area contributed by atoms with Crippen LogP contribution in [0.15, 0.2) is 52.1 Å². The van der Waals surface area contributed by atoms with E-state index in [0.717, 1.165) is 21.4 Å². The van der Waals surface area contributed by atoms with E-state index in [1.807, 2.05) is 35.8 Å². The molecule has 4 aromatic rings. The van der Waals surface area contributed by atoms with Crippen LogP contribution < -0.4 is 11.2 Å². The molecule has 8 heteroatoms. The molecule has 1 aliphatic rings. The van der Waals surface area contributed by atoms with Gasteiger partial charge in [-0.3, -0.25) is 13.9 Å². The number of aromatic nitrogens is 3. The van der Waals surface area contributed by atoms with E-state index in [0.29, 0.717) is 35.3 Å². The summed E-state index contributed by atoms with van der Waals surface area (Å²) in [4.78, 5) is 26.2. The summed E-state index contributed by atoms with van der Waals surface area (Å²) in [6, 6.07) is 12.4. The summed E-state index contributed by atoms with van der Waals surface area (Å²) in [5.74, 6) is -0.491. The van der Waals surface area contributed by atoms with Crippen LogP contribution in [0.2, 0.25) is 0 Å². The predicted octanol–water partition coefficient (Wildman–Crippen LogP) is 2.54. The van der Waals surface area contributed by atoms with Gasteiger partial charge in [-0.2, -0.15) is 0 Å². The topological polar surface area (TPSA) is 98.6 Å². The van der Waals surface area contributed by atoms with E-state index in [2.05, 4.69) is 0 Å². The average Bonchev–Trinajstić information content (AvgIpc) is 3.13. The van der Waals surface area contributed by atoms with Crippen LogP contribution in [0.1, 0.15) is 22.9 Å². The summed E-state index contributed by atoms with van der Waals surface area (Å²) in [7, 11) is 3.12. The van der Waals surface area contributed by atoms with E-state index < -0.39 is 11.8 Å². The lowest BCUT2D eigenvalue weighted by Gasteiger charge is -2.28. The van der Waals surface area contributed by atoms with Crippen LogP contribution in [0.4, 0.5) is 0 Å². The zero-order valence-electron chi connectivity index (χ0n) is 18.0. The van der Waals surface area contributed by atoms with Gasteiger partial charge in [-0.25, -0.2) is 4.79 Å². The number of nitrogens with zero attached hydrogens (tertiary/aromatic N) is 3. The highest BCUT2D eigenvalue weighted by molar-refractivity contribution is 5.96. The largest absolute Gasteiger partial charge is 0.504 e. The second-order valence-corrected chi connectivity index (χ2v) is 8.18. The number of phenolic OH excluding ortho intramolecular Hbond substituents is 2. The summed E-state index contributed by atoms with van der Waals surface area (Å²) in [5, 5.41) is 20.3. The molecule has 3 heterocycles. The second-order valence-electron chi connectivity index (χ2n) is 8.18. The number of ether oxygens (including phenoxy) is 1. The first-order chi connectivity index (χ1) is 15.3. The van der Waals surface area contributed by atoms with Crippen molar-refractivity contribution in [1.29, 1.82) is 0 Å². The van der Waals surface area contributed by atoms with Crippen LogP contribution >= 0.6 is 0 Å². The molecule has 0 spiro atoms. The van der Waals surface area contributed by atoms with Crippen molar-refractivity contribution in [2.24, 2.45) is 14.1 Å². The first-order valence-corrected chi connectivity index (χ1v) is 10.3. The van der Waals surface area contributed by atoms with E-state index in [1.54, 1.807) is 13.1 Å². The lowest BCUT2D eigenvalue weighted by Crippen LogP contribution is -2.37. The van der Waals surface area contributed by atoms with Gasteiger partial charge in [-0.1, -0.05) is 29.8 Å². The second kappa shape index (κ2) is 7.13. The number of phenols is 2. The van der Waals surface area contributed by atoms with Crippen molar-refractivity contribution in [3.05, 3.63) is 80.1 Å². The fraction of sp³-hybridized carbons (Fsp3) is 0.250. The predicted molar refractivity (Wildman–Crippen MR) is 120 cm³/mol. The Morgan fingerprint density at radius 1 is 1.00 bits per heavy atom. The van der Waals surface area contributed by atoms with Crippen molar-refractivity contribution in [2.45, 2.75) is 19.6 Å². The third-order valence-electron chi connectivity index (χ3n) is 6.15. The maximum absolute atomic E-state index is 13.4. The van der Waals surface area contributed by atoms with Crippen molar-refractivity contribution < 1.29 is 14.9 Å². The van der Waals surface area contributed by atoms with Crippen LogP contribution in [0.3, 0.4) is 0 Å². The van der Waals surface area contributed by atoms with Gasteiger partial charge >= 0.3 is 5.69 Å². The van der Waals surface area contributed by atoms with Gasteiger partial charge in [0.05, 0.1) is 28.9 Å². The van der Waals surface area contributed by atoms with E-state index in [-0.39, 0.29) is 17.1 Å². The molecule has 8 nitrogen and oxygen atoms in total. The summed E-state index contributed by atoms with van der Waals surface area (Å²) < 4.78 is 10.7. The molecule has 1 unspecified atom stereocenters. The number of hydrogen-bond acceptors (Lipinski definition) is 5. The van der Waals surface area contributed by atoms with Crippen molar-refractivity contribution in [2.75, 3.05) is 6.61 Å². The van der Waals surface area contributed by atoms with Gasteiger partial charge in [0.2, 0.25) is 0 Å². The normalized spacial score (nSPS) is 15.8. The summed E-state index contributed by atoms with van der Waals surface area (Å²) >= 11 is 0. The molecule has 164 valence electrons. The van der Waals surface area contributed by atoms with Crippen LogP contribution in [0.5, 0.6) is 11.5 Å². The molecular weight excluding hydrogens is 410 g/mol. The highest BCUT2D eigenvalue weighted by atomic mass is 16.5. The van der Waals surface area contributed by atoms with Gasteiger partial charge in [0, 0.05) is 20.6 Å². The maximum Gasteiger partial charge on any atom is 0.331 e. The molecule has 0 aliphatic carbocycles. The third kappa shape index (κ3) is 2.80. The average molecular weight is 433 g/mol. The smallest absolute Gasteiger partial charge is 0.331 e. The van der Waals surface area contributed by atoms with Crippen molar-refractivity contribution in [3.63, 3.8) is 0 Å². The molecule has 32 heavy (non-hydrogen) atoms. The van der Waals surface area contributed by atoms with E-state index in [1.165, 1.54) is 23.7 Å². The number of rotatable bonds is 2. The van der Waals surface area contributed by atoms with E-state index in [4.69, 9.17) is 4.74 Å². The van der Waals surface area contributed by atoms with Crippen molar-refractivity contribution in [1.82, 2.24) is 13.7 Å². The van der Waals surface area contributed by atoms with Gasteiger partial charge in [-0.05, 0) is 36.2 Å². The third-order valence-corrected chi connectivity index (χ3v) is 6.15. The van der Waals surface area contributed by atoms with Gasteiger partial charge in [0.15, 0.2) is 11.5 Å². The lowest BCUT2D eigenvalue weighted by molar-refractivity contribution is 0.0477. The van der Waals surface area contributed by atoms with E-state index >= 15 is 0 Å². The molecule has 1 aliphatic heterocycles. The Morgan fingerprint density at radius 2 is 1.78 bits per heavy atom. The monoisotopic (exact) mass is 433 g/mol. The molecule has 1 atom stereocenters. The van der Waals surface area contributed by atoms with Crippen molar-refractivity contribution in [3.8, 4) is 22.8 Å². The number of fused-ring (bicyclic) bond motifs is 3. The summed E-state index contributed by atoms with van der Waals surface area (Å²) in [6.07, 6.45) is -0.631. The Labute approximate surface area is 183 Å². The Bertz CT molecular complexity index is 1510. The Morgan fingerprint density at radius 3 is 2.50 bits per heavy atom. The fourth-order valence-electron chi connectivity index (χ4n) is 4.63. The summed E-state index contributed by atoms with van der Waals surface area (Å²) in [5.41, 5.74) is 3.68. The standard InChI is InChI=1S/C24H23N3O5/c1-13-5-4-6-14(11-13)19-18-20(25(2)24(31)26(3)23(18)30)21-22(32-10-9-27(19)21)15-7-8-16(28)17(29)12-15/h4-8,11-12,22,28-29H,9-10H2,1-3H3. The molecule has 0 radical (unpaired) electrons. The maximum atomic E-state index is 13.4. The quantitative estimate of drug-likeness (QED) is 0.474. The van der Waals surface area contributed by atoms with Gasteiger partial charge < -0.3 is 19.5 Å².